The standard InChI is InChI=1S/C33H23N3/c1-3-9-24(10-4-1)26-14-16-27(17-15-26)28-18-19-31(35-23-28)33-22-29(25-11-5-2-6-12-25)21-32(36-33)30-13-7-8-20-34-30/h1-23H. The molecule has 0 amide bonds. The second-order valence-electron chi connectivity index (χ2n) is 8.58. The Labute approximate surface area is 210 Å². The van der Waals surface area contributed by atoms with E-state index in [0.717, 1.165) is 45.0 Å². The maximum Gasteiger partial charge on any atom is 0.0900 e. The van der Waals surface area contributed by atoms with Gasteiger partial charge in [-0.3, -0.25) is 9.97 Å². The molecule has 3 aromatic heterocycles. The second kappa shape index (κ2) is 9.77. The third-order valence-corrected chi connectivity index (χ3v) is 6.21. The summed E-state index contributed by atoms with van der Waals surface area (Å²) in [7, 11) is 0. The van der Waals surface area contributed by atoms with E-state index in [-0.39, 0.29) is 0 Å². The molecular formula is C33H23N3. The first-order valence-corrected chi connectivity index (χ1v) is 11.9. The van der Waals surface area contributed by atoms with Crippen molar-refractivity contribution in [2.24, 2.45) is 0 Å². The van der Waals surface area contributed by atoms with Crippen molar-refractivity contribution in [3.05, 3.63) is 140 Å². The Balaban J connectivity index is 1.35. The molecule has 0 fully saturated rings. The van der Waals surface area contributed by atoms with Crippen LogP contribution in [0.3, 0.4) is 0 Å². The maximum atomic E-state index is 4.92. The van der Waals surface area contributed by atoms with Crippen molar-refractivity contribution < 1.29 is 0 Å². The minimum absolute atomic E-state index is 0.822. The van der Waals surface area contributed by atoms with Crippen LogP contribution in [0, 0.1) is 0 Å². The van der Waals surface area contributed by atoms with Crippen LogP contribution in [-0.4, -0.2) is 15.0 Å². The van der Waals surface area contributed by atoms with E-state index < -0.39 is 0 Å². The van der Waals surface area contributed by atoms with E-state index in [0.29, 0.717) is 0 Å². The van der Waals surface area contributed by atoms with E-state index in [1.807, 2.05) is 54.7 Å². The molecule has 3 heterocycles. The zero-order valence-electron chi connectivity index (χ0n) is 19.6. The molecule has 0 saturated heterocycles. The van der Waals surface area contributed by atoms with E-state index in [4.69, 9.17) is 9.97 Å². The summed E-state index contributed by atoms with van der Waals surface area (Å²) in [5.41, 5.74) is 10.2. The van der Waals surface area contributed by atoms with Gasteiger partial charge in [-0.25, -0.2) is 4.98 Å². The molecule has 3 nitrogen and oxygen atoms in total. The van der Waals surface area contributed by atoms with Crippen LogP contribution in [0.5, 0.6) is 0 Å². The maximum absolute atomic E-state index is 4.92. The molecule has 36 heavy (non-hydrogen) atoms. The van der Waals surface area contributed by atoms with Crippen molar-refractivity contribution in [1.82, 2.24) is 15.0 Å². The van der Waals surface area contributed by atoms with E-state index in [1.54, 1.807) is 6.20 Å². The molecule has 6 rings (SSSR count). The molecule has 0 radical (unpaired) electrons. The van der Waals surface area contributed by atoms with E-state index >= 15 is 0 Å². The van der Waals surface area contributed by atoms with Crippen molar-refractivity contribution in [1.29, 1.82) is 0 Å². The van der Waals surface area contributed by atoms with Crippen LogP contribution in [-0.2, 0) is 0 Å². The summed E-state index contributed by atoms with van der Waals surface area (Å²) >= 11 is 0. The fourth-order valence-corrected chi connectivity index (χ4v) is 4.31. The minimum Gasteiger partial charge on any atom is -0.255 e. The highest BCUT2D eigenvalue weighted by atomic mass is 14.8. The molecule has 0 bridgehead atoms. The average molecular weight is 462 g/mol. The summed E-state index contributed by atoms with van der Waals surface area (Å²) in [5, 5.41) is 0. The van der Waals surface area contributed by atoms with Crippen molar-refractivity contribution in [2.45, 2.75) is 0 Å². The first kappa shape index (κ1) is 21.6. The van der Waals surface area contributed by atoms with E-state index in [9.17, 15) is 0 Å². The van der Waals surface area contributed by atoms with Gasteiger partial charge in [0.05, 0.1) is 22.8 Å². The van der Waals surface area contributed by atoms with Crippen LogP contribution in [0.25, 0.3) is 56.2 Å². The summed E-state index contributed by atoms with van der Waals surface area (Å²) in [5.74, 6) is 0. The largest absolute Gasteiger partial charge is 0.255 e. The Bertz CT molecular complexity index is 1520. The predicted octanol–water partition coefficient (Wildman–Crippen LogP) is 8.21. The lowest BCUT2D eigenvalue weighted by Gasteiger charge is -2.10. The number of hydrogen-bond donors (Lipinski definition) is 0. The van der Waals surface area contributed by atoms with Crippen molar-refractivity contribution in [2.75, 3.05) is 0 Å². The van der Waals surface area contributed by atoms with Gasteiger partial charge in [0, 0.05) is 18.0 Å². The summed E-state index contributed by atoms with van der Waals surface area (Å²) in [6, 6.07) is 43.6. The topological polar surface area (TPSA) is 38.7 Å². The molecule has 0 unspecified atom stereocenters. The lowest BCUT2D eigenvalue weighted by molar-refractivity contribution is 1.22. The monoisotopic (exact) mass is 461 g/mol. The van der Waals surface area contributed by atoms with Crippen LogP contribution in [0.15, 0.2) is 140 Å². The molecule has 0 N–H and O–H groups in total. The fraction of sp³-hybridized carbons (Fsp3) is 0. The number of nitrogens with zero attached hydrogens (tertiary/aromatic N) is 3. The van der Waals surface area contributed by atoms with E-state index in [1.165, 1.54) is 11.1 Å². The van der Waals surface area contributed by atoms with Crippen molar-refractivity contribution >= 4 is 0 Å². The fourth-order valence-electron chi connectivity index (χ4n) is 4.31. The molecule has 0 spiro atoms. The van der Waals surface area contributed by atoms with Gasteiger partial charge in [-0.2, -0.15) is 0 Å². The number of benzene rings is 3. The van der Waals surface area contributed by atoms with Gasteiger partial charge in [-0.05, 0) is 58.1 Å². The van der Waals surface area contributed by atoms with Gasteiger partial charge in [-0.15, -0.1) is 0 Å². The Hall–Kier alpha value is -4.89. The highest BCUT2D eigenvalue weighted by Crippen LogP contribution is 2.30. The Morgan fingerprint density at radius 3 is 1.39 bits per heavy atom. The predicted molar refractivity (Wildman–Crippen MR) is 147 cm³/mol. The smallest absolute Gasteiger partial charge is 0.0900 e. The molecule has 0 aliphatic heterocycles. The van der Waals surface area contributed by atoms with Gasteiger partial charge in [0.2, 0.25) is 0 Å². The number of rotatable bonds is 5. The average Bonchev–Trinajstić information content (AvgIpc) is 2.98. The molecule has 3 aromatic carbocycles. The van der Waals surface area contributed by atoms with Gasteiger partial charge in [0.25, 0.3) is 0 Å². The van der Waals surface area contributed by atoms with Gasteiger partial charge in [-0.1, -0.05) is 97.1 Å². The summed E-state index contributed by atoms with van der Waals surface area (Å²) in [4.78, 5) is 14.2. The quantitative estimate of drug-likeness (QED) is 0.260. The van der Waals surface area contributed by atoms with Crippen LogP contribution < -0.4 is 0 Å². The number of aromatic nitrogens is 3. The lowest BCUT2D eigenvalue weighted by atomic mass is 10.0. The Morgan fingerprint density at radius 2 is 0.833 bits per heavy atom. The highest BCUT2D eigenvalue weighted by molar-refractivity contribution is 5.76. The first-order valence-electron chi connectivity index (χ1n) is 11.9. The van der Waals surface area contributed by atoms with Crippen molar-refractivity contribution in [3.63, 3.8) is 0 Å². The van der Waals surface area contributed by atoms with Crippen molar-refractivity contribution in [3.8, 4) is 56.2 Å². The number of hydrogen-bond acceptors (Lipinski definition) is 3. The molecular weight excluding hydrogens is 438 g/mol. The summed E-state index contributed by atoms with van der Waals surface area (Å²) in [6.07, 6.45) is 3.71. The molecule has 0 aliphatic rings. The summed E-state index contributed by atoms with van der Waals surface area (Å²) in [6.45, 7) is 0. The van der Waals surface area contributed by atoms with Crippen LogP contribution in [0.4, 0.5) is 0 Å². The Morgan fingerprint density at radius 1 is 0.333 bits per heavy atom. The molecule has 3 heteroatoms. The SMILES string of the molecule is c1ccc(-c2ccc(-c3ccc(-c4cc(-c5ccccc5)cc(-c5ccccn5)n4)nc3)cc2)cc1. The Kier molecular flexibility index (Phi) is 5.87. The van der Waals surface area contributed by atoms with Gasteiger partial charge >= 0.3 is 0 Å². The highest BCUT2D eigenvalue weighted by Gasteiger charge is 2.11. The van der Waals surface area contributed by atoms with Crippen LogP contribution in [0.2, 0.25) is 0 Å². The second-order valence-corrected chi connectivity index (χ2v) is 8.58. The van der Waals surface area contributed by atoms with Gasteiger partial charge < -0.3 is 0 Å². The molecule has 6 aromatic rings. The van der Waals surface area contributed by atoms with Gasteiger partial charge in [0.15, 0.2) is 0 Å². The lowest BCUT2D eigenvalue weighted by Crippen LogP contribution is -1.94. The zero-order valence-corrected chi connectivity index (χ0v) is 19.6. The van der Waals surface area contributed by atoms with Crippen LogP contribution in [0.1, 0.15) is 0 Å². The molecule has 0 aliphatic carbocycles. The molecule has 170 valence electrons. The first-order chi connectivity index (χ1) is 17.8. The molecule has 0 saturated carbocycles. The number of pyridine rings is 3. The normalized spacial score (nSPS) is 10.8. The van der Waals surface area contributed by atoms with Crippen LogP contribution >= 0.6 is 0 Å². The van der Waals surface area contributed by atoms with E-state index in [2.05, 4.69) is 83.8 Å². The minimum atomic E-state index is 0.822. The summed E-state index contributed by atoms with van der Waals surface area (Å²) < 4.78 is 0. The third-order valence-electron chi connectivity index (χ3n) is 6.21. The third kappa shape index (κ3) is 4.55. The van der Waals surface area contributed by atoms with Gasteiger partial charge in [0.1, 0.15) is 0 Å². The molecule has 0 atom stereocenters. The zero-order chi connectivity index (χ0) is 24.2.